The lowest BCUT2D eigenvalue weighted by atomic mass is 9.85. The number of pyridine rings is 1. The second-order valence-electron chi connectivity index (χ2n) is 11.0. The van der Waals surface area contributed by atoms with Crippen LogP contribution in [0.25, 0.3) is 22.0 Å². The van der Waals surface area contributed by atoms with Crippen molar-refractivity contribution in [2.45, 2.75) is 58.4 Å². The summed E-state index contributed by atoms with van der Waals surface area (Å²) >= 11 is 0. The molecule has 0 radical (unpaired) electrons. The molecule has 2 fully saturated rings. The maximum Gasteiger partial charge on any atom is 0.169 e. The molecule has 0 bridgehead atoms. The molecule has 0 unspecified atom stereocenters. The van der Waals surface area contributed by atoms with E-state index in [0.29, 0.717) is 11.8 Å². The smallest absolute Gasteiger partial charge is 0.169 e. The Hall–Kier alpha value is -2.92. The third-order valence-corrected chi connectivity index (χ3v) is 7.72. The van der Waals surface area contributed by atoms with Crippen LogP contribution < -0.4 is 5.32 Å². The molecule has 1 aromatic heterocycles. The van der Waals surface area contributed by atoms with Gasteiger partial charge in [0.2, 0.25) is 0 Å². The number of nitrogens with one attached hydrogen (secondary N) is 1. The number of phenols is 1. The minimum Gasteiger partial charge on any atom is -0.507 e. The van der Waals surface area contributed by atoms with Crippen LogP contribution >= 0.6 is 0 Å². The van der Waals surface area contributed by atoms with Gasteiger partial charge in [-0.05, 0) is 119 Å². The summed E-state index contributed by atoms with van der Waals surface area (Å²) in [5.41, 5.74) is 6.46. The number of benzene rings is 2. The average molecular weight is 472 g/mol. The highest BCUT2D eigenvalue weighted by atomic mass is 16.3. The first-order chi connectivity index (χ1) is 16.8. The molecule has 2 aromatic carbocycles. The number of fused-ring (bicyclic) bond motifs is 1. The number of nitrogens with zero attached hydrogens (tertiary/aromatic N) is 2. The first kappa shape index (κ1) is 23.8. The molecule has 184 valence electrons. The van der Waals surface area contributed by atoms with Crippen molar-refractivity contribution in [3.05, 3.63) is 53.2 Å². The number of carbonyl (C=O) groups excluding carboxylic acids is 1. The molecule has 0 aliphatic heterocycles. The molecule has 0 spiro atoms. The molecule has 5 heteroatoms. The molecule has 0 amide bonds. The van der Waals surface area contributed by atoms with Crippen molar-refractivity contribution in [2.24, 2.45) is 11.8 Å². The van der Waals surface area contributed by atoms with E-state index in [1.165, 1.54) is 12.8 Å². The van der Waals surface area contributed by atoms with Crippen molar-refractivity contribution in [1.82, 2.24) is 9.88 Å². The van der Waals surface area contributed by atoms with E-state index in [1.54, 1.807) is 6.20 Å². The van der Waals surface area contributed by atoms with Crippen molar-refractivity contribution in [3.8, 4) is 16.9 Å². The summed E-state index contributed by atoms with van der Waals surface area (Å²) in [6.45, 7) is 5.01. The van der Waals surface area contributed by atoms with Gasteiger partial charge in [-0.2, -0.15) is 0 Å². The fraction of sp³-hybridized carbons (Fsp3) is 0.467. The van der Waals surface area contributed by atoms with Crippen LogP contribution in [0.3, 0.4) is 0 Å². The third kappa shape index (κ3) is 5.06. The van der Waals surface area contributed by atoms with E-state index < -0.39 is 0 Å². The molecule has 35 heavy (non-hydrogen) atoms. The molecule has 0 saturated heterocycles. The predicted molar refractivity (Wildman–Crippen MR) is 143 cm³/mol. The summed E-state index contributed by atoms with van der Waals surface area (Å²) in [5, 5.41) is 15.1. The van der Waals surface area contributed by atoms with E-state index in [9.17, 15) is 9.90 Å². The SMILES string of the molecule is Cc1cc(-c2ccc3ncc(C(=O)C4CC4)c(NC4CCC(CN(C)C)CC4)c3c2)cc(C)c1O. The van der Waals surface area contributed by atoms with E-state index in [2.05, 4.69) is 41.4 Å². The standard InChI is InChI=1S/C30H37N3O2/c1-18-13-23(14-19(2)29(18)34)22-9-12-27-25(15-22)28(26(16-31-27)30(35)21-7-8-21)32-24-10-5-20(6-11-24)17-33(3)4/h9,12-16,20-21,24,34H,5-8,10-11,17H2,1-4H3,(H,31,32). The number of phenolic OH excluding ortho intramolecular Hbond substituents is 1. The Morgan fingerprint density at radius 1 is 1.00 bits per heavy atom. The van der Waals surface area contributed by atoms with E-state index >= 15 is 0 Å². The molecule has 2 N–H and O–H groups in total. The number of aromatic hydroxyl groups is 1. The number of hydrogen-bond donors (Lipinski definition) is 2. The quantitative estimate of drug-likeness (QED) is 0.393. The van der Waals surface area contributed by atoms with Crippen LogP contribution in [-0.2, 0) is 0 Å². The predicted octanol–water partition coefficient (Wildman–Crippen LogP) is 6.35. The number of rotatable bonds is 7. The van der Waals surface area contributed by atoms with Gasteiger partial charge in [0, 0.05) is 30.1 Å². The Bertz CT molecular complexity index is 1230. The summed E-state index contributed by atoms with van der Waals surface area (Å²) in [6, 6.07) is 10.7. The van der Waals surface area contributed by atoms with Gasteiger partial charge in [-0.1, -0.05) is 6.07 Å². The van der Waals surface area contributed by atoms with Gasteiger partial charge in [0.15, 0.2) is 5.78 Å². The Morgan fingerprint density at radius 2 is 1.69 bits per heavy atom. The topological polar surface area (TPSA) is 65.5 Å². The number of Topliss-reactive ketones (excluding diaryl/α,β-unsaturated/α-hetero) is 1. The van der Waals surface area contributed by atoms with Crippen molar-refractivity contribution < 1.29 is 9.90 Å². The van der Waals surface area contributed by atoms with Crippen molar-refractivity contribution in [3.63, 3.8) is 0 Å². The fourth-order valence-corrected chi connectivity index (χ4v) is 5.61. The lowest BCUT2D eigenvalue weighted by Crippen LogP contribution is -2.31. The summed E-state index contributed by atoms with van der Waals surface area (Å²) < 4.78 is 0. The zero-order valence-corrected chi connectivity index (χ0v) is 21.4. The Labute approximate surface area is 208 Å². The molecule has 3 aromatic rings. The maximum absolute atomic E-state index is 13.3. The van der Waals surface area contributed by atoms with Crippen LogP contribution in [0.5, 0.6) is 5.75 Å². The average Bonchev–Trinajstić information content (AvgIpc) is 3.68. The van der Waals surface area contributed by atoms with Gasteiger partial charge in [-0.25, -0.2) is 0 Å². The van der Waals surface area contributed by atoms with Crippen LogP contribution in [0.4, 0.5) is 5.69 Å². The van der Waals surface area contributed by atoms with Crippen LogP contribution in [0.15, 0.2) is 36.5 Å². The van der Waals surface area contributed by atoms with Crippen LogP contribution in [0.2, 0.25) is 0 Å². The zero-order valence-electron chi connectivity index (χ0n) is 21.4. The van der Waals surface area contributed by atoms with Crippen LogP contribution in [0.1, 0.15) is 60.0 Å². The van der Waals surface area contributed by atoms with Crippen LogP contribution in [0, 0.1) is 25.7 Å². The monoisotopic (exact) mass is 471 g/mol. The maximum atomic E-state index is 13.3. The number of hydrogen-bond acceptors (Lipinski definition) is 5. The molecule has 2 aliphatic rings. The zero-order chi connectivity index (χ0) is 24.7. The molecule has 0 atom stereocenters. The Kier molecular flexibility index (Phi) is 6.54. The number of anilines is 1. The van der Waals surface area contributed by atoms with Crippen molar-refractivity contribution in [2.75, 3.05) is 26.0 Å². The molecule has 5 rings (SSSR count). The van der Waals surface area contributed by atoms with E-state index in [0.717, 1.165) is 82.6 Å². The van der Waals surface area contributed by atoms with Gasteiger partial charge >= 0.3 is 0 Å². The fourth-order valence-electron chi connectivity index (χ4n) is 5.61. The summed E-state index contributed by atoms with van der Waals surface area (Å²) in [7, 11) is 4.30. The normalized spacial score (nSPS) is 20.4. The molecular weight excluding hydrogens is 434 g/mol. The number of ketones is 1. The Morgan fingerprint density at radius 3 is 2.31 bits per heavy atom. The largest absolute Gasteiger partial charge is 0.507 e. The van der Waals surface area contributed by atoms with Crippen molar-refractivity contribution in [1.29, 1.82) is 0 Å². The van der Waals surface area contributed by atoms with Gasteiger partial charge < -0.3 is 15.3 Å². The molecule has 1 heterocycles. The van der Waals surface area contributed by atoms with Gasteiger partial charge in [-0.15, -0.1) is 0 Å². The molecule has 5 nitrogen and oxygen atoms in total. The lowest BCUT2D eigenvalue weighted by molar-refractivity contribution is 0.0968. The van der Waals surface area contributed by atoms with E-state index in [1.807, 2.05) is 32.0 Å². The number of aryl methyl sites for hydroxylation is 2. The lowest BCUT2D eigenvalue weighted by Gasteiger charge is -2.32. The van der Waals surface area contributed by atoms with Crippen molar-refractivity contribution >= 4 is 22.4 Å². The molecular formula is C30H37N3O2. The number of carbonyl (C=O) groups is 1. The van der Waals surface area contributed by atoms with Gasteiger partial charge in [0.05, 0.1) is 16.8 Å². The molecule has 2 aliphatic carbocycles. The summed E-state index contributed by atoms with van der Waals surface area (Å²) in [6.07, 6.45) is 8.42. The molecule has 2 saturated carbocycles. The first-order valence-electron chi connectivity index (χ1n) is 13.0. The minimum absolute atomic E-state index is 0.149. The second-order valence-corrected chi connectivity index (χ2v) is 11.0. The second kappa shape index (κ2) is 9.62. The first-order valence-corrected chi connectivity index (χ1v) is 13.0. The summed E-state index contributed by atoms with van der Waals surface area (Å²) in [4.78, 5) is 20.2. The van der Waals surface area contributed by atoms with Gasteiger partial charge in [0.25, 0.3) is 0 Å². The third-order valence-electron chi connectivity index (χ3n) is 7.72. The van der Waals surface area contributed by atoms with Gasteiger partial charge in [-0.3, -0.25) is 9.78 Å². The highest BCUT2D eigenvalue weighted by molar-refractivity contribution is 6.10. The van der Waals surface area contributed by atoms with Gasteiger partial charge in [0.1, 0.15) is 5.75 Å². The highest BCUT2D eigenvalue weighted by Gasteiger charge is 2.33. The van der Waals surface area contributed by atoms with Crippen LogP contribution in [-0.4, -0.2) is 47.5 Å². The van der Waals surface area contributed by atoms with E-state index in [-0.39, 0.29) is 11.7 Å². The minimum atomic E-state index is 0.149. The number of aromatic nitrogens is 1. The Balaban J connectivity index is 1.52. The van der Waals surface area contributed by atoms with E-state index in [4.69, 9.17) is 0 Å². The summed E-state index contributed by atoms with van der Waals surface area (Å²) in [5.74, 6) is 1.47. The highest BCUT2D eigenvalue weighted by Crippen LogP contribution is 2.39.